The Morgan fingerprint density at radius 1 is 1.48 bits per heavy atom. The molecule has 0 aromatic heterocycles. The Balaban J connectivity index is 2.68. The lowest BCUT2D eigenvalue weighted by atomic mass is 10.1. The van der Waals surface area contributed by atoms with Crippen LogP contribution in [0.5, 0.6) is 0 Å². The first-order valence-corrected chi connectivity index (χ1v) is 6.26. The van der Waals surface area contributed by atoms with Crippen molar-refractivity contribution in [2.75, 3.05) is 39.9 Å². The van der Waals surface area contributed by atoms with Crippen LogP contribution >= 0.6 is 0 Å². The molecule has 0 bridgehead atoms. The van der Waals surface area contributed by atoms with Gasteiger partial charge in [0, 0.05) is 32.3 Å². The highest BCUT2D eigenvalue weighted by atomic mass is 19.4. The van der Waals surface area contributed by atoms with E-state index in [0.29, 0.717) is 0 Å². The quantitative estimate of drug-likeness (QED) is 0.778. The second-order valence-electron chi connectivity index (χ2n) is 4.51. The van der Waals surface area contributed by atoms with Crippen LogP contribution in [0.4, 0.5) is 18.0 Å². The second-order valence-corrected chi connectivity index (χ2v) is 4.51. The van der Waals surface area contributed by atoms with Crippen molar-refractivity contribution in [3.8, 4) is 0 Å². The number of halogens is 3. The number of nitrogens with zero attached hydrogens (tertiary/aromatic N) is 2. The van der Waals surface area contributed by atoms with Crippen LogP contribution in [0.1, 0.15) is 6.42 Å². The Hall–Kier alpha value is -1.77. The summed E-state index contributed by atoms with van der Waals surface area (Å²) in [7, 11) is 1.41. The van der Waals surface area contributed by atoms with Crippen LogP contribution in [-0.4, -0.2) is 73.0 Å². The summed E-state index contributed by atoms with van der Waals surface area (Å²) in [5.41, 5.74) is -0.659. The summed E-state index contributed by atoms with van der Waals surface area (Å²) in [5.74, 6) is -1.19. The van der Waals surface area contributed by atoms with Crippen molar-refractivity contribution in [2.24, 2.45) is 0 Å². The Morgan fingerprint density at radius 2 is 2.14 bits per heavy atom. The van der Waals surface area contributed by atoms with Crippen LogP contribution in [0.2, 0.25) is 0 Å². The lowest BCUT2D eigenvalue weighted by Crippen LogP contribution is -2.48. The van der Waals surface area contributed by atoms with E-state index in [4.69, 9.17) is 9.84 Å². The number of carboxylic acids is 1. The number of carboxylic acid groups (broad SMARTS) is 1. The minimum absolute atomic E-state index is 0.0635. The molecule has 9 heteroatoms. The van der Waals surface area contributed by atoms with E-state index in [1.807, 2.05) is 0 Å². The summed E-state index contributed by atoms with van der Waals surface area (Å²) < 4.78 is 42.3. The van der Waals surface area contributed by atoms with Gasteiger partial charge in [-0.05, 0) is 6.42 Å². The summed E-state index contributed by atoms with van der Waals surface area (Å²) in [6, 6.07) is -0.605. The van der Waals surface area contributed by atoms with Gasteiger partial charge >= 0.3 is 18.2 Å². The molecule has 0 atom stereocenters. The van der Waals surface area contributed by atoms with Crippen LogP contribution < -0.4 is 0 Å². The molecule has 1 aliphatic heterocycles. The van der Waals surface area contributed by atoms with Crippen molar-refractivity contribution < 1.29 is 32.6 Å². The molecule has 2 amide bonds. The number of hydrogen-bond donors (Lipinski definition) is 1. The van der Waals surface area contributed by atoms with E-state index in [2.05, 4.69) is 0 Å². The van der Waals surface area contributed by atoms with Gasteiger partial charge in [0.15, 0.2) is 0 Å². The number of urea groups is 1. The van der Waals surface area contributed by atoms with Gasteiger partial charge in [0.05, 0.1) is 6.61 Å². The highest BCUT2D eigenvalue weighted by molar-refractivity contribution is 5.80. The first kappa shape index (κ1) is 17.3. The molecule has 0 saturated carbocycles. The van der Waals surface area contributed by atoms with Crippen molar-refractivity contribution in [1.29, 1.82) is 0 Å². The fourth-order valence-electron chi connectivity index (χ4n) is 1.91. The average Bonchev–Trinajstić information content (AvgIpc) is 2.41. The van der Waals surface area contributed by atoms with Crippen molar-refractivity contribution in [2.45, 2.75) is 12.6 Å². The molecule has 0 aromatic carbocycles. The minimum Gasteiger partial charge on any atom is -0.480 e. The lowest BCUT2D eigenvalue weighted by molar-refractivity contribution is -0.137. The fourth-order valence-corrected chi connectivity index (χ4v) is 1.91. The largest absolute Gasteiger partial charge is 0.480 e. The Morgan fingerprint density at radius 3 is 2.57 bits per heavy atom. The normalized spacial score (nSPS) is 15.6. The molecule has 0 spiro atoms. The van der Waals surface area contributed by atoms with Gasteiger partial charge in [-0.15, -0.1) is 0 Å². The van der Waals surface area contributed by atoms with Gasteiger partial charge in [-0.3, -0.25) is 4.79 Å². The number of aliphatic carboxylic acids is 1. The smallest absolute Gasteiger partial charge is 0.412 e. The van der Waals surface area contributed by atoms with E-state index in [1.54, 1.807) is 0 Å². The minimum atomic E-state index is -4.38. The maximum Gasteiger partial charge on any atom is 0.412 e. The predicted octanol–water partition coefficient (Wildman–Crippen LogP) is 1.33. The first-order chi connectivity index (χ1) is 9.75. The van der Waals surface area contributed by atoms with Gasteiger partial charge in [0.2, 0.25) is 0 Å². The zero-order valence-electron chi connectivity index (χ0n) is 11.5. The van der Waals surface area contributed by atoms with E-state index in [9.17, 15) is 22.8 Å². The maximum absolute atomic E-state index is 12.5. The van der Waals surface area contributed by atoms with Crippen LogP contribution in [0.3, 0.4) is 0 Å². The van der Waals surface area contributed by atoms with E-state index < -0.39 is 30.3 Å². The molecule has 0 saturated heterocycles. The van der Waals surface area contributed by atoms with Crippen LogP contribution in [0.25, 0.3) is 0 Å². The summed E-state index contributed by atoms with van der Waals surface area (Å²) in [6.45, 7) is -0.580. The molecule has 0 fully saturated rings. The van der Waals surface area contributed by atoms with Crippen molar-refractivity contribution in [3.63, 3.8) is 0 Å². The fraction of sp³-hybridized carbons (Fsp3) is 0.667. The highest BCUT2D eigenvalue weighted by Gasteiger charge is 2.36. The molecule has 21 heavy (non-hydrogen) atoms. The Labute approximate surface area is 119 Å². The second kappa shape index (κ2) is 7.30. The molecule has 0 aromatic rings. The summed E-state index contributed by atoms with van der Waals surface area (Å²) in [6.07, 6.45) is -3.72. The maximum atomic E-state index is 12.5. The van der Waals surface area contributed by atoms with Crippen molar-refractivity contribution in [3.05, 3.63) is 11.6 Å². The highest BCUT2D eigenvalue weighted by Crippen LogP contribution is 2.30. The molecule has 0 unspecified atom stereocenters. The van der Waals surface area contributed by atoms with Crippen molar-refractivity contribution >= 4 is 12.0 Å². The number of ether oxygens (including phenoxy) is 1. The van der Waals surface area contributed by atoms with E-state index in [0.717, 1.165) is 11.0 Å². The van der Waals surface area contributed by atoms with Crippen molar-refractivity contribution in [1.82, 2.24) is 9.80 Å². The van der Waals surface area contributed by atoms with Gasteiger partial charge in [0.25, 0.3) is 0 Å². The monoisotopic (exact) mass is 310 g/mol. The molecule has 1 N–H and O–H groups in total. The third kappa shape index (κ3) is 5.25. The topological polar surface area (TPSA) is 70.1 Å². The number of methoxy groups -OCH3 is 1. The van der Waals surface area contributed by atoms with Gasteiger partial charge in [-0.25, -0.2) is 4.79 Å². The number of amides is 2. The molecular weight excluding hydrogens is 293 g/mol. The number of alkyl halides is 3. The number of carbonyl (C=O) groups is 2. The summed E-state index contributed by atoms with van der Waals surface area (Å²) in [5, 5.41) is 8.77. The summed E-state index contributed by atoms with van der Waals surface area (Å²) in [4.78, 5) is 25.1. The SMILES string of the molecule is COCCN(CC(=O)O)C(=O)N1CC=C(C(F)(F)F)CC1. The van der Waals surface area contributed by atoms with Gasteiger partial charge in [-0.2, -0.15) is 13.2 Å². The number of carbonyl (C=O) groups excluding carboxylic acids is 1. The Bertz CT molecular complexity index is 423. The molecule has 0 radical (unpaired) electrons. The number of rotatable bonds is 5. The van der Waals surface area contributed by atoms with E-state index >= 15 is 0 Å². The Kier molecular flexibility index (Phi) is 6.01. The zero-order chi connectivity index (χ0) is 16.0. The number of hydrogen-bond acceptors (Lipinski definition) is 3. The first-order valence-electron chi connectivity index (χ1n) is 6.26. The van der Waals surface area contributed by atoms with Gasteiger partial charge in [-0.1, -0.05) is 6.08 Å². The van der Waals surface area contributed by atoms with Gasteiger partial charge < -0.3 is 19.6 Å². The summed E-state index contributed by atoms with van der Waals surface area (Å²) >= 11 is 0. The molecule has 0 aliphatic carbocycles. The van der Waals surface area contributed by atoms with Crippen LogP contribution in [0.15, 0.2) is 11.6 Å². The van der Waals surface area contributed by atoms with Crippen LogP contribution in [0, 0.1) is 0 Å². The lowest BCUT2D eigenvalue weighted by Gasteiger charge is -2.32. The molecule has 1 rings (SSSR count). The molecule has 1 aliphatic rings. The van der Waals surface area contributed by atoms with Crippen LogP contribution in [-0.2, 0) is 9.53 Å². The third-order valence-corrected chi connectivity index (χ3v) is 3.01. The molecule has 120 valence electrons. The molecule has 6 nitrogen and oxygen atoms in total. The predicted molar refractivity (Wildman–Crippen MR) is 66.8 cm³/mol. The molecule has 1 heterocycles. The van der Waals surface area contributed by atoms with E-state index in [-0.39, 0.29) is 32.7 Å². The van der Waals surface area contributed by atoms with Gasteiger partial charge in [0.1, 0.15) is 6.54 Å². The average molecular weight is 310 g/mol. The standard InChI is InChI=1S/C12H17F3N2O4/c1-21-7-6-17(8-10(18)19)11(20)16-4-2-9(3-5-16)12(13,14)15/h2H,3-8H2,1H3,(H,18,19). The third-order valence-electron chi connectivity index (χ3n) is 3.01. The van der Waals surface area contributed by atoms with E-state index in [1.165, 1.54) is 12.0 Å². The zero-order valence-corrected chi connectivity index (χ0v) is 11.5. The molecular formula is C12H17F3N2O4.